The Balaban J connectivity index is 1.96. The molecular weight excluding hydrogens is 226 g/mol. The smallest absolute Gasteiger partial charge is 0.297 e. The molecule has 1 aromatic heterocycles. The van der Waals surface area contributed by atoms with Gasteiger partial charge in [0.15, 0.2) is 0 Å². The molecule has 2 rings (SSSR count). The van der Waals surface area contributed by atoms with E-state index in [1.54, 1.807) is 6.26 Å². The predicted octanol–water partition coefficient (Wildman–Crippen LogP) is 2.80. The lowest BCUT2D eigenvalue weighted by Crippen LogP contribution is -2.39. The second-order valence-corrected chi connectivity index (χ2v) is 5.35. The van der Waals surface area contributed by atoms with E-state index in [4.69, 9.17) is 4.42 Å². The average Bonchev–Trinajstić information content (AvgIpc) is 2.88. The van der Waals surface area contributed by atoms with E-state index >= 15 is 0 Å². The Bertz CT molecular complexity index is 361. The number of hydrogen-bond donors (Lipinski definition) is 1. The van der Waals surface area contributed by atoms with Gasteiger partial charge in [0.25, 0.3) is 6.01 Å². The van der Waals surface area contributed by atoms with Crippen molar-refractivity contribution in [1.82, 2.24) is 10.3 Å². The Hall–Kier alpha value is -1.03. The van der Waals surface area contributed by atoms with Gasteiger partial charge in [0.05, 0.1) is 5.69 Å². The van der Waals surface area contributed by atoms with Crippen LogP contribution in [0.15, 0.2) is 10.7 Å². The molecule has 1 N–H and O–H groups in total. The number of rotatable bonds is 5. The molecule has 102 valence electrons. The van der Waals surface area contributed by atoms with Crippen molar-refractivity contribution in [3.8, 4) is 0 Å². The molecule has 0 unspecified atom stereocenters. The van der Waals surface area contributed by atoms with Crippen molar-refractivity contribution in [3.63, 3.8) is 0 Å². The Morgan fingerprint density at radius 2 is 2.00 bits per heavy atom. The fourth-order valence-corrected chi connectivity index (χ4v) is 2.83. The van der Waals surface area contributed by atoms with Gasteiger partial charge < -0.3 is 14.6 Å². The minimum atomic E-state index is 0.552. The Kier molecular flexibility index (Phi) is 4.27. The van der Waals surface area contributed by atoms with E-state index in [0.29, 0.717) is 5.41 Å². The summed E-state index contributed by atoms with van der Waals surface area (Å²) in [6.07, 6.45) is 6.84. The van der Waals surface area contributed by atoms with Gasteiger partial charge in [-0.05, 0) is 25.3 Å². The molecule has 1 fully saturated rings. The Morgan fingerprint density at radius 1 is 1.33 bits per heavy atom. The number of piperidine rings is 1. The first-order valence-corrected chi connectivity index (χ1v) is 7.07. The molecule has 0 amide bonds. The summed E-state index contributed by atoms with van der Waals surface area (Å²) in [5.41, 5.74) is 1.53. The molecule has 0 bridgehead atoms. The molecule has 0 spiro atoms. The van der Waals surface area contributed by atoms with Crippen molar-refractivity contribution in [3.05, 3.63) is 12.0 Å². The molecule has 0 atom stereocenters. The molecule has 0 radical (unpaired) electrons. The van der Waals surface area contributed by atoms with Crippen LogP contribution in [-0.2, 0) is 6.54 Å². The van der Waals surface area contributed by atoms with E-state index in [1.165, 1.54) is 25.7 Å². The van der Waals surface area contributed by atoms with Crippen LogP contribution >= 0.6 is 0 Å². The zero-order valence-corrected chi connectivity index (χ0v) is 11.8. The maximum absolute atomic E-state index is 5.57. The monoisotopic (exact) mass is 251 g/mol. The third-order valence-electron chi connectivity index (χ3n) is 4.49. The molecule has 1 aliphatic heterocycles. The summed E-state index contributed by atoms with van der Waals surface area (Å²) < 4.78 is 5.57. The van der Waals surface area contributed by atoms with Gasteiger partial charge in [-0.2, -0.15) is 4.98 Å². The normalized spacial score (nSPS) is 19.2. The Labute approximate surface area is 110 Å². The molecule has 0 aliphatic carbocycles. The van der Waals surface area contributed by atoms with Gasteiger partial charge in [-0.15, -0.1) is 0 Å². The summed E-state index contributed by atoms with van der Waals surface area (Å²) in [6, 6.07) is 0.793. The van der Waals surface area contributed by atoms with Crippen molar-refractivity contribution < 1.29 is 4.42 Å². The number of hydrogen-bond acceptors (Lipinski definition) is 4. The lowest BCUT2D eigenvalue weighted by atomic mass is 9.74. The summed E-state index contributed by atoms with van der Waals surface area (Å²) >= 11 is 0. The second-order valence-electron chi connectivity index (χ2n) is 5.35. The van der Waals surface area contributed by atoms with Crippen LogP contribution in [0.1, 0.15) is 45.2 Å². The van der Waals surface area contributed by atoms with E-state index < -0.39 is 0 Å². The van der Waals surface area contributed by atoms with Crippen molar-refractivity contribution in [1.29, 1.82) is 0 Å². The van der Waals surface area contributed by atoms with Crippen molar-refractivity contribution in [2.45, 2.75) is 46.1 Å². The minimum Gasteiger partial charge on any atom is -0.432 e. The highest BCUT2D eigenvalue weighted by Crippen LogP contribution is 2.38. The topological polar surface area (TPSA) is 41.3 Å². The first-order valence-electron chi connectivity index (χ1n) is 7.07. The zero-order chi connectivity index (χ0) is 13.0. The molecule has 1 saturated heterocycles. The summed E-state index contributed by atoms with van der Waals surface area (Å²) in [6.45, 7) is 7.54. The standard InChI is InChI=1S/C14H25N3O/c1-4-14(5-2)6-8-17(9-7-14)13-16-12(10-15-3)11-18-13/h11,15H,4-10H2,1-3H3. The summed E-state index contributed by atoms with van der Waals surface area (Å²) in [5, 5.41) is 3.09. The van der Waals surface area contributed by atoms with Crippen LogP contribution in [0.3, 0.4) is 0 Å². The van der Waals surface area contributed by atoms with E-state index in [1.807, 2.05) is 7.05 Å². The van der Waals surface area contributed by atoms with Gasteiger partial charge in [0.1, 0.15) is 6.26 Å². The van der Waals surface area contributed by atoms with Crippen LogP contribution in [0, 0.1) is 5.41 Å². The van der Waals surface area contributed by atoms with Gasteiger partial charge in [-0.25, -0.2) is 0 Å². The fourth-order valence-electron chi connectivity index (χ4n) is 2.83. The third kappa shape index (κ3) is 2.69. The van der Waals surface area contributed by atoms with Gasteiger partial charge in [-0.1, -0.05) is 26.7 Å². The van der Waals surface area contributed by atoms with Crippen molar-refractivity contribution in [2.75, 3.05) is 25.0 Å². The molecule has 0 saturated carbocycles. The quantitative estimate of drug-likeness (QED) is 0.873. The molecule has 1 aromatic rings. The SMILES string of the molecule is CCC1(CC)CCN(c2nc(CNC)co2)CC1. The van der Waals surface area contributed by atoms with Crippen LogP contribution in [0.5, 0.6) is 0 Å². The van der Waals surface area contributed by atoms with Gasteiger partial charge in [-0.3, -0.25) is 0 Å². The number of nitrogens with one attached hydrogen (secondary N) is 1. The van der Waals surface area contributed by atoms with Crippen molar-refractivity contribution in [2.24, 2.45) is 5.41 Å². The minimum absolute atomic E-state index is 0.552. The number of nitrogens with zero attached hydrogens (tertiary/aromatic N) is 2. The number of anilines is 1. The van der Waals surface area contributed by atoms with E-state index in [-0.39, 0.29) is 0 Å². The first kappa shape index (κ1) is 13.4. The molecule has 2 heterocycles. The van der Waals surface area contributed by atoms with Crippen molar-refractivity contribution >= 4 is 6.01 Å². The highest BCUT2D eigenvalue weighted by molar-refractivity contribution is 5.28. The maximum Gasteiger partial charge on any atom is 0.297 e. The molecule has 0 aromatic carbocycles. The van der Waals surface area contributed by atoms with Crippen LogP contribution in [-0.4, -0.2) is 25.1 Å². The molecule has 4 nitrogen and oxygen atoms in total. The highest BCUT2D eigenvalue weighted by Gasteiger charge is 2.32. The third-order valence-corrected chi connectivity index (χ3v) is 4.49. The number of aromatic nitrogens is 1. The summed E-state index contributed by atoms with van der Waals surface area (Å²) in [7, 11) is 1.92. The molecule has 18 heavy (non-hydrogen) atoms. The van der Waals surface area contributed by atoms with E-state index in [0.717, 1.165) is 31.3 Å². The molecule has 4 heteroatoms. The van der Waals surface area contributed by atoms with Gasteiger partial charge in [0, 0.05) is 19.6 Å². The highest BCUT2D eigenvalue weighted by atomic mass is 16.4. The Morgan fingerprint density at radius 3 is 2.56 bits per heavy atom. The lowest BCUT2D eigenvalue weighted by molar-refractivity contribution is 0.196. The fraction of sp³-hybridized carbons (Fsp3) is 0.786. The first-order chi connectivity index (χ1) is 8.73. The number of oxazole rings is 1. The largest absolute Gasteiger partial charge is 0.432 e. The van der Waals surface area contributed by atoms with Crippen LogP contribution in [0.25, 0.3) is 0 Å². The second kappa shape index (κ2) is 5.74. The average molecular weight is 251 g/mol. The van der Waals surface area contributed by atoms with E-state index in [2.05, 4.69) is 29.0 Å². The summed E-state index contributed by atoms with van der Waals surface area (Å²) in [4.78, 5) is 6.80. The van der Waals surface area contributed by atoms with Crippen LogP contribution in [0.4, 0.5) is 6.01 Å². The lowest BCUT2D eigenvalue weighted by Gasteiger charge is -2.40. The zero-order valence-electron chi connectivity index (χ0n) is 11.8. The summed E-state index contributed by atoms with van der Waals surface area (Å²) in [5.74, 6) is 0. The maximum atomic E-state index is 5.57. The predicted molar refractivity (Wildman–Crippen MR) is 73.7 cm³/mol. The van der Waals surface area contributed by atoms with Crippen LogP contribution in [0.2, 0.25) is 0 Å². The molecular formula is C14H25N3O. The van der Waals surface area contributed by atoms with Crippen LogP contribution < -0.4 is 10.2 Å². The van der Waals surface area contributed by atoms with Gasteiger partial charge >= 0.3 is 0 Å². The van der Waals surface area contributed by atoms with Gasteiger partial charge in [0.2, 0.25) is 0 Å². The van der Waals surface area contributed by atoms with E-state index in [9.17, 15) is 0 Å². The molecule has 1 aliphatic rings.